The van der Waals surface area contributed by atoms with Gasteiger partial charge in [0.25, 0.3) is 0 Å². The molecule has 1 aliphatic heterocycles. The van der Waals surface area contributed by atoms with Crippen LogP contribution in [0.25, 0.3) is 0 Å². The van der Waals surface area contributed by atoms with E-state index in [2.05, 4.69) is 31.3 Å². The third kappa shape index (κ3) is 2.16. The highest BCUT2D eigenvalue weighted by atomic mass is 16.5. The molecule has 1 saturated carbocycles. The van der Waals surface area contributed by atoms with Crippen molar-refractivity contribution in [2.75, 3.05) is 6.61 Å². The molecule has 102 valence electrons. The van der Waals surface area contributed by atoms with E-state index in [9.17, 15) is 4.79 Å². The lowest BCUT2D eigenvalue weighted by Crippen LogP contribution is -2.63. The van der Waals surface area contributed by atoms with Crippen LogP contribution in [0.5, 0.6) is 0 Å². The number of carbonyl (C=O) groups is 1. The number of carbonyl (C=O) groups excluding carboxylic acids is 1. The zero-order chi connectivity index (χ0) is 13.5. The summed E-state index contributed by atoms with van der Waals surface area (Å²) < 4.78 is 5.83. The van der Waals surface area contributed by atoms with Gasteiger partial charge in [0.15, 0.2) is 0 Å². The molecule has 3 heteroatoms. The van der Waals surface area contributed by atoms with Crippen LogP contribution in [0.3, 0.4) is 0 Å². The highest BCUT2D eigenvalue weighted by Gasteiger charge is 2.51. The maximum absolute atomic E-state index is 11.9. The van der Waals surface area contributed by atoms with E-state index in [1.54, 1.807) is 0 Å². The second-order valence-corrected chi connectivity index (χ2v) is 6.56. The van der Waals surface area contributed by atoms with Gasteiger partial charge in [-0.2, -0.15) is 0 Å². The van der Waals surface area contributed by atoms with Crippen molar-refractivity contribution < 1.29 is 9.53 Å². The number of rotatable bonds is 1. The molecule has 1 saturated heterocycles. The van der Waals surface area contributed by atoms with Crippen LogP contribution in [0.4, 0.5) is 0 Å². The molecule has 1 aromatic rings. The highest BCUT2D eigenvalue weighted by molar-refractivity contribution is 5.79. The van der Waals surface area contributed by atoms with Gasteiger partial charge in [-0.1, -0.05) is 44.2 Å². The number of hydrogen-bond acceptors (Lipinski definition) is 2. The fourth-order valence-corrected chi connectivity index (χ4v) is 3.63. The Hall–Kier alpha value is -1.35. The molecule has 2 fully saturated rings. The SMILES string of the molecule is CC1(C)CCC2OCC(=O)NC2(c2ccccc2)C1. The van der Waals surface area contributed by atoms with Crippen molar-refractivity contribution in [3.8, 4) is 0 Å². The molecule has 2 atom stereocenters. The van der Waals surface area contributed by atoms with Gasteiger partial charge < -0.3 is 10.1 Å². The van der Waals surface area contributed by atoms with Gasteiger partial charge in [-0.25, -0.2) is 0 Å². The molecule has 1 amide bonds. The first kappa shape index (κ1) is 12.7. The smallest absolute Gasteiger partial charge is 0.246 e. The van der Waals surface area contributed by atoms with E-state index in [0.717, 1.165) is 19.3 Å². The number of nitrogens with one attached hydrogen (secondary N) is 1. The van der Waals surface area contributed by atoms with Gasteiger partial charge >= 0.3 is 0 Å². The van der Waals surface area contributed by atoms with Gasteiger partial charge in [0.2, 0.25) is 5.91 Å². The van der Waals surface area contributed by atoms with Gasteiger partial charge in [-0.3, -0.25) is 4.79 Å². The predicted molar refractivity (Wildman–Crippen MR) is 73.6 cm³/mol. The summed E-state index contributed by atoms with van der Waals surface area (Å²) in [5.74, 6) is -0.00203. The molecule has 0 spiro atoms. The molecule has 1 N–H and O–H groups in total. The van der Waals surface area contributed by atoms with Gasteiger partial charge in [-0.05, 0) is 30.2 Å². The normalized spacial score (nSPS) is 33.4. The summed E-state index contributed by atoms with van der Waals surface area (Å²) in [5, 5.41) is 3.24. The average Bonchev–Trinajstić information content (AvgIpc) is 2.38. The number of morpholine rings is 1. The van der Waals surface area contributed by atoms with Crippen LogP contribution in [-0.4, -0.2) is 18.6 Å². The molecule has 0 aromatic heterocycles. The van der Waals surface area contributed by atoms with E-state index in [-0.39, 0.29) is 29.6 Å². The van der Waals surface area contributed by atoms with Crippen LogP contribution in [-0.2, 0) is 15.1 Å². The zero-order valence-corrected chi connectivity index (χ0v) is 11.6. The Morgan fingerprint density at radius 3 is 2.74 bits per heavy atom. The summed E-state index contributed by atoms with van der Waals surface area (Å²) in [6.45, 7) is 4.74. The Kier molecular flexibility index (Phi) is 2.90. The summed E-state index contributed by atoms with van der Waals surface area (Å²) in [4.78, 5) is 11.9. The van der Waals surface area contributed by atoms with Crippen LogP contribution < -0.4 is 5.32 Å². The van der Waals surface area contributed by atoms with Crippen LogP contribution in [0.2, 0.25) is 0 Å². The van der Waals surface area contributed by atoms with Crippen molar-refractivity contribution in [3.05, 3.63) is 35.9 Å². The van der Waals surface area contributed by atoms with Crippen molar-refractivity contribution in [1.82, 2.24) is 5.32 Å². The molecule has 1 aromatic carbocycles. The van der Waals surface area contributed by atoms with E-state index in [1.165, 1.54) is 5.56 Å². The highest BCUT2D eigenvalue weighted by Crippen LogP contribution is 2.48. The molecular formula is C16H21NO2. The third-order valence-corrected chi connectivity index (χ3v) is 4.46. The van der Waals surface area contributed by atoms with E-state index in [0.29, 0.717) is 0 Å². The van der Waals surface area contributed by atoms with Crippen molar-refractivity contribution >= 4 is 5.91 Å². The summed E-state index contributed by atoms with van der Waals surface area (Å²) in [5.41, 5.74) is 1.04. The Balaban J connectivity index is 2.06. The lowest BCUT2D eigenvalue weighted by atomic mass is 9.63. The van der Waals surface area contributed by atoms with E-state index >= 15 is 0 Å². The molecule has 19 heavy (non-hydrogen) atoms. The lowest BCUT2D eigenvalue weighted by molar-refractivity contribution is -0.153. The molecular weight excluding hydrogens is 238 g/mol. The van der Waals surface area contributed by atoms with Gasteiger partial charge in [-0.15, -0.1) is 0 Å². The molecule has 0 radical (unpaired) electrons. The summed E-state index contributed by atoms with van der Waals surface area (Å²) in [7, 11) is 0. The lowest BCUT2D eigenvalue weighted by Gasteiger charge is -2.52. The minimum absolute atomic E-state index is 0.00203. The van der Waals surface area contributed by atoms with Gasteiger partial charge in [0.05, 0.1) is 11.6 Å². The third-order valence-electron chi connectivity index (χ3n) is 4.46. The predicted octanol–water partition coefficient (Wildman–Crippen LogP) is 2.61. The second kappa shape index (κ2) is 4.34. The number of hydrogen-bond donors (Lipinski definition) is 1. The molecule has 1 heterocycles. The minimum Gasteiger partial charge on any atom is -0.366 e. The quantitative estimate of drug-likeness (QED) is 0.842. The zero-order valence-electron chi connectivity index (χ0n) is 11.6. The van der Waals surface area contributed by atoms with Gasteiger partial charge in [0, 0.05) is 0 Å². The van der Waals surface area contributed by atoms with Crippen molar-refractivity contribution in [3.63, 3.8) is 0 Å². The Bertz CT molecular complexity index is 483. The molecule has 0 bridgehead atoms. The van der Waals surface area contributed by atoms with Crippen molar-refractivity contribution in [2.45, 2.75) is 44.8 Å². The summed E-state index contributed by atoms with van der Waals surface area (Å²) in [6, 6.07) is 10.3. The number of ether oxygens (including phenoxy) is 1. The topological polar surface area (TPSA) is 38.3 Å². The van der Waals surface area contributed by atoms with Crippen LogP contribution in [0, 0.1) is 5.41 Å². The van der Waals surface area contributed by atoms with Crippen molar-refractivity contribution in [2.24, 2.45) is 5.41 Å². The summed E-state index contributed by atoms with van der Waals surface area (Å²) in [6.07, 6.45) is 3.17. The van der Waals surface area contributed by atoms with Crippen LogP contribution >= 0.6 is 0 Å². The Morgan fingerprint density at radius 1 is 1.26 bits per heavy atom. The second-order valence-electron chi connectivity index (χ2n) is 6.56. The maximum Gasteiger partial charge on any atom is 0.246 e. The first-order valence-corrected chi connectivity index (χ1v) is 7.00. The van der Waals surface area contributed by atoms with Crippen LogP contribution in [0.1, 0.15) is 38.7 Å². The van der Waals surface area contributed by atoms with E-state index in [4.69, 9.17) is 4.74 Å². The number of fused-ring (bicyclic) bond motifs is 1. The molecule has 2 unspecified atom stereocenters. The molecule has 3 rings (SSSR count). The Morgan fingerprint density at radius 2 is 2.00 bits per heavy atom. The van der Waals surface area contributed by atoms with Gasteiger partial charge in [0.1, 0.15) is 6.61 Å². The maximum atomic E-state index is 11.9. The fourth-order valence-electron chi connectivity index (χ4n) is 3.63. The average molecular weight is 259 g/mol. The molecule has 2 aliphatic rings. The standard InChI is InChI=1S/C16H21NO2/c1-15(2)9-8-13-16(11-15,17-14(18)10-19-13)12-6-4-3-5-7-12/h3-7,13H,8-11H2,1-2H3,(H,17,18). The molecule has 3 nitrogen and oxygen atoms in total. The number of amides is 1. The van der Waals surface area contributed by atoms with Crippen LogP contribution in [0.15, 0.2) is 30.3 Å². The first-order valence-electron chi connectivity index (χ1n) is 7.00. The Labute approximate surface area is 114 Å². The monoisotopic (exact) mass is 259 g/mol. The fraction of sp³-hybridized carbons (Fsp3) is 0.562. The van der Waals surface area contributed by atoms with Crippen molar-refractivity contribution in [1.29, 1.82) is 0 Å². The van der Waals surface area contributed by atoms with E-state index in [1.807, 2.05) is 18.2 Å². The van der Waals surface area contributed by atoms with E-state index < -0.39 is 0 Å². The minimum atomic E-state index is -0.349. The molecule has 1 aliphatic carbocycles. The first-order chi connectivity index (χ1) is 9.02. The largest absolute Gasteiger partial charge is 0.366 e. The summed E-state index contributed by atoms with van der Waals surface area (Å²) >= 11 is 0. The number of benzene rings is 1.